The van der Waals surface area contributed by atoms with Gasteiger partial charge in [-0.3, -0.25) is 9.69 Å². The van der Waals surface area contributed by atoms with E-state index in [1.807, 2.05) is 24.0 Å². The Morgan fingerprint density at radius 1 is 1.21 bits per heavy atom. The first-order valence-electron chi connectivity index (χ1n) is 10.5. The van der Waals surface area contributed by atoms with Crippen LogP contribution in [0.3, 0.4) is 0 Å². The van der Waals surface area contributed by atoms with Crippen LogP contribution in [0.4, 0.5) is 4.79 Å². The topological polar surface area (TPSA) is 67.2 Å². The van der Waals surface area contributed by atoms with Crippen LogP contribution >= 0.6 is 11.3 Å². The van der Waals surface area contributed by atoms with E-state index in [1.54, 1.807) is 16.2 Å². The normalized spacial score (nSPS) is 20.8. The van der Waals surface area contributed by atoms with Gasteiger partial charge in [-0.15, -0.1) is 11.3 Å². The highest BCUT2D eigenvalue weighted by molar-refractivity contribution is 7.18. The predicted molar refractivity (Wildman–Crippen MR) is 112 cm³/mol. The molecule has 2 aromatic rings. The van der Waals surface area contributed by atoms with Crippen molar-refractivity contribution in [1.82, 2.24) is 14.8 Å². The number of fused-ring (bicyclic) bond motifs is 1. The number of hydrogen-bond acceptors (Lipinski definition) is 5. The standard InChI is InChI=1S/C21H28N4O3S/c1-2-28-21(27)24-12-10-23(11-13-24)15-19(26)25-9-5-6-16(14-25)20-22-17-7-3-4-8-18(17)29-20/h3-4,7-8,16H,2,5-6,9-15H2,1H3/p+1/t16-/m0/s1. The van der Waals surface area contributed by atoms with Crippen LogP contribution in [0.1, 0.15) is 30.7 Å². The maximum atomic E-state index is 12.9. The van der Waals surface area contributed by atoms with Gasteiger partial charge in [0.1, 0.15) is 0 Å². The summed E-state index contributed by atoms with van der Waals surface area (Å²) in [5.41, 5.74) is 1.06. The molecule has 156 valence electrons. The molecule has 0 aliphatic carbocycles. The van der Waals surface area contributed by atoms with Crippen LogP contribution in [0, 0.1) is 0 Å². The van der Waals surface area contributed by atoms with E-state index in [-0.39, 0.29) is 12.0 Å². The molecule has 4 rings (SSSR count). The average Bonchev–Trinajstić information content (AvgIpc) is 3.19. The zero-order chi connectivity index (χ0) is 20.2. The zero-order valence-corrected chi connectivity index (χ0v) is 17.7. The van der Waals surface area contributed by atoms with E-state index in [1.165, 1.54) is 9.60 Å². The van der Waals surface area contributed by atoms with E-state index in [9.17, 15) is 9.59 Å². The number of carbonyl (C=O) groups is 2. The molecule has 2 saturated heterocycles. The van der Waals surface area contributed by atoms with Crippen molar-refractivity contribution in [2.24, 2.45) is 0 Å². The molecule has 7 nitrogen and oxygen atoms in total. The van der Waals surface area contributed by atoms with Crippen LogP contribution in [-0.4, -0.2) is 79.2 Å². The molecule has 3 heterocycles. The van der Waals surface area contributed by atoms with Gasteiger partial charge < -0.3 is 14.5 Å². The van der Waals surface area contributed by atoms with Crippen molar-refractivity contribution < 1.29 is 19.2 Å². The molecule has 0 bridgehead atoms. The molecule has 29 heavy (non-hydrogen) atoms. The second kappa shape index (κ2) is 9.09. The third kappa shape index (κ3) is 4.70. The zero-order valence-electron chi connectivity index (χ0n) is 16.9. The number of likely N-dealkylation sites (tertiary alicyclic amines) is 1. The summed E-state index contributed by atoms with van der Waals surface area (Å²) in [5, 5.41) is 1.15. The summed E-state index contributed by atoms with van der Waals surface area (Å²) in [5.74, 6) is 0.552. The predicted octanol–water partition coefficient (Wildman–Crippen LogP) is 1.36. The summed E-state index contributed by atoms with van der Waals surface area (Å²) < 4.78 is 6.28. The number of quaternary nitrogens is 1. The van der Waals surface area contributed by atoms with Crippen molar-refractivity contribution >= 4 is 33.6 Å². The van der Waals surface area contributed by atoms with Crippen LogP contribution in [0.15, 0.2) is 24.3 Å². The minimum atomic E-state index is -0.243. The summed E-state index contributed by atoms with van der Waals surface area (Å²) >= 11 is 1.76. The van der Waals surface area contributed by atoms with Gasteiger partial charge in [0.15, 0.2) is 6.54 Å². The number of amides is 2. The van der Waals surface area contributed by atoms with Gasteiger partial charge in [-0.1, -0.05) is 12.1 Å². The smallest absolute Gasteiger partial charge is 0.410 e. The number of piperidine rings is 1. The number of ether oxygens (including phenoxy) is 1. The van der Waals surface area contributed by atoms with Crippen LogP contribution in [0.5, 0.6) is 0 Å². The van der Waals surface area contributed by atoms with Gasteiger partial charge in [0, 0.05) is 19.0 Å². The van der Waals surface area contributed by atoms with Crippen LogP contribution < -0.4 is 4.90 Å². The summed E-state index contributed by atoms with van der Waals surface area (Å²) in [6.45, 7) is 7.20. The quantitative estimate of drug-likeness (QED) is 0.816. The number of rotatable bonds is 4. The largest absolute Gasteiger partial charge is 0.450 e. The number of piperazine rings is 1. The van der Waals surface area contributed by atoms with Gasteiger partial charge in [0.05, 0.1) is 48.0 Å². The number of para-hydroxylation sites is 1. The molecule has 0 radical (unpaired) electrons. The summed E-state index contributed by atoms with van der Waals surface area (Å²) in [6, 6.07) is 8.24. The molecule has 1 atom stereocenters. The summed E-state index contributed by atoms with van der Waals surface area (Å²) in [6.07, 6.45) is 1.88. The monoisotopic (exact) mass is 417 g/mol. The molecule has 1 N–H and O–H groups in total. The lowest BCUT2D eigenvalue weighted by Crippen LogP contribution is -3.15. The van der Waals surface area contributed by atoms with E-state index in [0.29, 0.717) is 32.2 Å². The molecule has 0 spiro atoms. The minimum Gasteiger partial charge on any atom is -0.450 e. The maximum Gasteiger partial charge on any atom is 0.410 e. The van der Waals surface area contributed by atoms with Gasteiger partial charge in [-0.05, 0) is 31.9 Å². The summed E-state index contributed by atoms with van der Waals surface area (Å²) in [7, 11) is 0. The van der Waals surface area contributed by atoms with Crippen molar-refractivity contribution in [3.8, 4) is 0 Å². The van der Waals surface area contributed by atoms with Gasteiger partial charge in [-0.2, -0.15) is 0 Å². The van der Waals surface area contributed by atoms with Gasteiger partial charge in [0.2, 0.25) is 0 Å². The lowest BCUT2D eigenvalue weighted by atomic mass is 9.98. The Balaban J connectivity index is 1.30. The number of aromatic nitrogens is 1. The van der Waals surface area contributed by atoms with Crippen LogP contribution in [0.25, 0.3) is 10.2 Å². The number of nitrogens with zero attached hydrogens (tertiary/aromatic N) is 3. The molecule has 0 unspecified atom stereocenters. The fraction of sp³-hybridized carbons (Fsp3) is 0.571. The first kappa shape index (κ1) is 20.1. The number of benzene rings is 1. The van der Waals surface area contributed by atoms with Gasteiger partial charge in [0.25, 0.3) is 5.91 Å². The Kier molecular flexibility index (Phi) is 6.30. The SMILES string of the molecule is CCOC(=O)N1CC[NH+](CC(=O)N2CCC[C@H](c3nc4ccccc4s3)C2)CC1. The van der Waals surface area contributed by atoms with Gasteiger partial charge >= 0.3 is 6.09 Å². The summed E-state index contributed by atoms with van der Waals surface area (Å²) in [4.78, 5) is 34.6. The highest BCUT2D eigenvalue weighted by Crippen LogP contribution is 2.32. The van der Waals surface area contributed by atoms with E-state index in [4.69, 9.17) is 9.72 Å². The van der Waals surface area contributed by atoms with Crippen molar-refractivity contribution in [1.29, 1.82) is 0 Å². The van der Waals surface area contributed by atoms with Crippen LogP contribution in [0.2, 0.25) is 0 Å². The molecule has 2 aliphatic heterocycles. The molecule has 2 fully saturated rings. The minimum absolute atomic E-state index is 0.218. The fourth-order valence-electron chi connectivity index (χ4n) is 4.19. The Bertz CT molecular complexity index is 829. The highest BCUT2D eigenvalue weighted by Gasteiger charge is 2.31. The molecule has 2 aliphatic rings. The van der Waals surface area contributed by atoms with Crippen LogP contribution in [-0.2, 0) is 9.53 Å². The van der Waals surface area contributed by atoms with E-state index in [2.05, 4.69) is 12.1 Å². The Morgan fingerprint density at radius 3 is 2.76 bits per heavy atom. The molecule has 1 aromatic carbocycles. The molecular weight excluding hydrogens is 388 g/mol. The molecule has 1 aromatic heterocycles. The second-order valence-electron chi connectivity index (χ2n) is 7.81. The lowest BCUT2D eigenvalue weighted by molar-refractivity contribution is -0.896. The molecule has 2 amide bonds. The van der Waals surface area contributed by atoms with E-state index in [0.717, 1.165) is 49.5 Å². The number of carbonyl (C=O) groups excluding carboxylic acids is 2. The molecule has 8 heteroatoms. The first-order valence-corrected chi connectivity index (χ1v) is 11.3. The van der Waals surface area contributed by atoms with Crippen molar-refractivity contribution in [3.05, 3.63) is 29.3 Å². The van der Waals surface area contributed by atoms with Crippen molar-refractivity contribution in [2.45, 2.75) is 25.7 Å². The second-order valence-corrected chi connectivity index (χ2v) is 8.87. The lowest BCUT2D eigenvalue weighted by Gasteiger charge is -2.35. The Labute approximate surface area is 175 Å². The highest BCUT2D eigenvalue weighted by atomic mass is 32.1. The van der Waals surface area contributed by atoms with E-state index < -0.39 is 0 Å². The molecular formula is C21H29N4O3S+. The van der Waals surface area contributed by atoms with Gasteiger partial charge in [-0.25, -0.2) is 9.78 Å². The van der Waals surface area contributed by atoms with Crippen molar-refractivity contribution in [3.63, 3.8) is 0 Å². The Hall–Kier alpha value is -2.19. The third-order valence-corrected chi connectivity index (χ3v) is 7.03. The number of hydrogen-bond donors (Lipinski definition) is 1. The first-order chi connectivity index (χ1) is 14.1. The number of nitrogens with one attached hydrogen (secondary N) is 1. The third-order valence-electron chi connectivity index (χ3n) is 5.83. The Morgan fingerprint density at radius 2 is 2.00 bits per heavy atom. The number of thiazole rings is 1. The van der Waals surface area contributed by atoms with E-state index >= 15 is 0 Å². The molecule has 0 saturated carbocycles. The average molecular weight is 418 g/mol. The fourth-order valence-corrected chi connectivity index (χ4v) is 5.29. The maximum absolute atomic E-state index is 12.9. The van der Waals surface area contributed by atoms with Crippen molar-refractivity contribution in [2.75, 3.05) is 52.4 Å².